The first-order chi connectivity index (χ1) is 3.72. The summed E-state index contributed by atoms with van der Waals surface area (Å²) in [5, 5.41) is 0. The van der Waals surface area contributed by atoms with Crippen molar-refractivity contribution in [3.63, 3.8) is 0 Å². The molecule has 0 saturated heterocycles. The van der Waals surface area contributed by atoms with E-state index in [1.165, 1.54) is 0 Å². The minimum absolute atomic E-state index is 0.304. The first-order valence-electron chi connectivity index (χ1n) is 2.25. The summed E-state index contributed by atoms with van der Waals surface area (Å²) < 4.78 is 6.18. The molecule has 0 rings (SSSR count). The Balaban J connectivity index is 3.86. The standard InChI is InChI=1S/C5H12OS2/c1-6-5(7-2)8(3)4/h1-4H3. The van der Waals surface area contributed by atoms with Crippen molar-refractivity contribution in [3.05, 3.63) is 0 Å². The van der Waals surface area contributed by atoms with Gasteiger partial charge in [-0.2, -0.15) is 10.5 Å². The van der Waals surface area contributed by atoms with E-state index in [-0.39, 0.29) is 0 Å². The highest BCUT2D eigenvalue weighted by atomic mass is 32.2. The van der Waals surface area contributed by atoms with Crippen LogP contribution in [-0.4, -0.2) is 30.3 Å². The van der Waals surface area contributed by atoms with Gasteiger partial charge < -0.3 is 4.74 Å². The molecule has 0 bridgehead atoms. The fraction of sp³-hybridized carbons (Fsp3) is 0.800. The van der Waals surface area contributed by atoms with E-state index in [1.54, 1.807) is 18.9 Å². The third kappa shape index (κ3) is 2.74. The molecule has 0 aromatic carbocycles. The summed E-state index contributed by atoms with van der Waals surface area (Å²) in [5.74, 6) is 0. The van der Waals surface area contributed by atoms with Crippen molar-refractivity contribution in [2.45, 2.75) is 0 Å². The first kappa shape index (κ1) is 8.53. The van der Waals surface area contributed by atoms with E-state index in [2.05, 4.69) is 12.5 Å². The first-order valence-corrected chi connectivity index (χ1v) is 5.51. The van der Waals surface area contributed by atoms with Crippen LogP contribution in [0, 0.1) is 0 Å². The van der Waals surface area contributed by atoms with E-state index in [0.717, 1.165) is 4.38 Å². The molecule has 0 spiro atoms. The van der Waals surface area contributed by atoms with Gasteiger partial charge in [-0.15, -0.1) is 0 Å². The van der Waals surface area contributed by atoms with E-state index in [1.807, 2.05) is 6.26 Å². The molecular weight excluding hydrogens is 140 g/mol. The lowest BCUT2D eigenvalue weighted by atomic mass is 11.5. The molecule has 3 heteroatoms. The van der Waals surface area contributed by atoms with Crippen LogP contribution in [0.25, 0.3) is 0 Å². The highest BCUT2D eigenvalue weighted by molar-refractivity contribution is 8.32. The second kappa shape index (κ2) is 4.41. The van der Waals surface area contributed by atoms with E-state index in [9.17, 15) is 0 Å². The van der Waals surface area contributed by atoms with Crippen LogP contribution < -0.4 is 0 Å². The number of ether oxygens (including phenoxy) is 1. The summed E-state index contributed by atoms with van der Waals surface area (Å²) >= 11 is 1.68. The van der Waals surface area contributed by atoms with E-state index < -0.39 is 0 Å². The molecule has 0 aromatic rings. The monoisotopic (exact) mass is 152 g/mol. The minimum Gasteiger partial charge on any atom is -0.338 e. The van der Waals surface area contributed by atoms with Gasteiger partial charge >= 0.3 is 0 Å². The van der Waals surface area contributed by atoms with Gasteiger partial charge in [0, 0.05) is 7.11 Å². The van der Waals surface area contributed by atoms with Gasteiger partial charge in [0.1, 0.15) is 4.38 Å². The van der Waals surface area contributed by atoms with Crippen molar-refractivity contribution >= 4 is 26.6 Å². The zero-order valence-corrected chi connectivity index (χ0v) is 7.36. The molecular formula is C5H12OS2. The van der Waals surface area contributed by atoms with E-state index in [4.69, 9.17) is 4.74 Å². The summed E-state index contributed by atoms with van der Waals surface area (Å²) in [7, 11) is 2.03. The highest BCUT2D eigenvalue weighted by Crippen LogP contribution is 2.11. The highest BCUT2D eigenvalue weighted by Gasteiger charge is 1.90. The second-order valence-corrected chi connectivity index (χ2v) is 4.52. The molecule has 0 fully saturated rings. The van der Waals surface area contributed by atoms with Crippen LogP contribution in [0.1, 0.15) is 0 Å². The van der Waals surface area contributed by atoms with Gasteiger partial charge in [0.15, 0.2) is 0 Å². The third-order valence-electron chi connectivity index (χ3n) is 0.667. The van der Waals surface area contributed by atoms with Crippen LogP contribution in [0.3, 0.4) is 0 Å². The lowest BCUT2D eigenvalue weighted by molar-refractivity contribution is 0.426. The van der Waals surface area contributed by atoms with Gasteiger partial charge in [-0.1, -0.05) is 11.8 Å². The van der Waals surface area contributed by atoms with E-state index >= 15 is 0 Å². The Kier molecular flexibility index (Phi) is 4.71. The van der Waals surface area contributed by atoms with Crippen molar-refractivity contribution in [2.24, 2.45) is 0 Å². The Morgan fingerprint density at radius 3 is 2.00 bits per heavy atom. The van der Waals surface area contributed by atoms with Crippen LogP contribution in [0.2, 0.25) is 0 Å². The Morgan fingerprint density at radius 2 is 2.00 bits per heavy atom. The summed E-state index contributed by atoms with van der Waals surface area (Å²) in [6.45, 7) is 0. The number of rotatable bonds is 0. The van der Waals surface area contributed by atoms with Crippen LogP contribution in [0.4, 0.5) is 0 Å². The summed E-state index contributed by atoms with van der Waals surface area (Å²) in [5.41, 5.74) is 0. The minimum atomic E-state index is 0.304. The van der Waals surface area contributed by atoms with Crippen molar-refractivity contribution in [1.29, 1.82) is 0 Å². The molecule has 0 heterocycles. The molecule has 0 aliphatic rings. The molecule has 0 aliphatic heterocycles. The van der Waals surface area contributed by atoms with Gasteiger partial charge in [-0.25, -0.2) is 0 Å². The molecule has 0 N–H and O–H groups in total. The molecule has 0 amide bonds. The average molecular weight is 152 g/mol. The lowest BCUT2D eigenvalue weighted by Gasteiger charge is -2.01. The van der Waals surface area contributed by atoms with Crippen molar-refractivity contribution < 1.29 is 4.74 Å². The quantitative estimate of drug-likeness (QED) is 0.488. The number of methoxy groups -OCH3 is 1. The molecule has 8 heavy (non-hydrogen) atoms. The van der Waals surface area contributed by atoms with Crippen LogP contribution >= 0.6 is 22.2 Å². The molecule has 0 radical (unpaired) electrons. The molecule has 50 valence electrons. The molecule has 0 atom stereocenters. The fourth-order valence-corrected chi connectivity index (χ4v) is 2.25. The Morgan fingerprint density at radius 1 is 1.50 bits per heavy atom. The Hall–Kier alpha value is 0.530. The number of hydrogen-bond acceptors (Lipinski definition) is 2. The molecule has 0 saturated carbocycles. The zero-order valence-electron chi connectivity index (χ0n) is 5.72. The van der Waals surface area contributed by atoms with Crippen molar-refractivity contribution in [1.82, 2.24) is 0 Å². The summed E-state index contributed by atoms with van der Waals surface area (Å²) in [4.78, 5) is 0. The van der Waals surface area contributed by atoms with Gasteiger partial charge in [-0.3, -0.25) is 0 Å². The zero-order chi connectivity index (χ0) is 6.57. The normalized spacial score (nSPS) is 10.1. The maximum absolute atomic E-state index is 5.05. The predicted molar refractivity (Wildman–Crippen MR) is 45.0 cm³/mol. The largest absolute Gasteiger partial charge is 0.338 e. The smallest absolute Gasteiger partial charge is 0.132 e. The Bertz CT molecular complexity index is 88.6. The van der Waals surface area contributed by atoms with Crippen molar-refractivity contribution in [3.8, 4) is 0 Å². The van der Waals surface area contributed by atoms with Gasteiger partial charge in [0.2, 0.25) is 0 Å². The topological polar surface area (TPSA) is 9.23 Å². The second-order valence-electron chi connectivity index (χ2n) is 1.47. The third-order valence-corrected chi connectivity index (χ3v) is 3.50. The average Bonchev–Trinajstić information content (AvgIpc) is 1.69. The van der Waals surface area contributed by atoms with Crippen LogP contribution in [-0.2, 0) is 4.74 Å². The van der Waals surface area contributed by atoms with E-state index in [0.29, 0.717) is 10.5 Å². The van der Waals surface area contributed by atoms with Gasteiger partial charge in [0.25, 0.3) is 0 Å². The summed E-state index contributed by atoms with van der Waals surface area (Å²) in [6, 6.07) is 0. The van der Waals surface area contributed by atoms with Crippen LogP contribution in [0.15, 0.2) is 0 Å². The van der Waals surface area contributed by atoms with Crippen molar-refractivity contribution in [2.75, 3.05) is 25.9 Å². The lowest BCUT2D eigenvalue weighted by Crippen LogP contribution is -1.92. The maximum atomic E-state index is 5.05. The number of hydrogen-bond donors (Lipinski definition) is 0. The number of thioether (sulfide) groups is 1. The molecule has 0 aliphatic carbocycles. The van der Waals surface area contributed by atoms with Crippen LogP contribution in [0.5, 0.6) is 0 Å². The molecule has 0 unspecified atom stereocenters. The molecule has 1 nitrogen and oxygen atoms in total. The van der Waals surface area contributed by atoms with Gasteiger partial charge in [-0.05, 0) is 18.8 Å². The SMILES string of the molecule is COC(SC)=S(C)C. The van der Waals surface area contributed by atoms with Gasteiger partial charge in [0.05, 0.1) is 0 Å². The Labute approximate surface area is 57.7 Å². The fourth-order valence-electron chi connectivity index (χ4n) is 0.417. The maximum Gasteiger partial charge on any atom is 0.132 e. The summed E-state index contributed by atoms with van der Waals surface area (Å²) in [6.07, 6.45) is 6.33. The molecule has 0 aromatic heterocycles. The predicted octanol–water partition coefficient (Wildman–Crippen LogP) is 1.61.